The number of hydrogen-bond donors (Lipinski definition) is 1. The van der Waals surface area contributed by atoms with Gasteiger partial charge in [-0.3, -0.25) is 9.59 Å². The summed E-state index contributed by atoms with van der Waals surface area (Å²) in [5, 5.41) is 3.28. The monoisotopic (exact) mass is 520 g/mol. The van der Waals surface area contributed by atoms with Crippen LogP contribution in [0.3, 0.4) is 0 Å². The number of carbonyl (C=O) groups excluding carboxylic acids is 2. The highest BCUT2D eigenvalue weighted by Gasteiger charge is 2.25. The van der Waals surface area contributed by atoms with Crippen molar-refractivity contribution in [1.29, 1.82) is 0 Å². The molecule has 1 heterocycles. The maximum absolute atomic E-state index is 13.5. The van der Waals surface area contributed by atoms with E-state index in [9.17, 15) is 9.59 Å². The number of rotatable bonds is 8. The molecular weight excluding hydrogens is 488 g/mol. The molecule has 1 N–H and O–H groups in total. The number of benzene rings is 3. The van der Waals surface area contributed by atoms with Crippen molar-refractivity contribution in [2.24, 2.45) is 0 Å². The fraction of sp³-hybridized carbons (Fsp3) is 0.310. The van der Waals surface area contributed by atoms with Crippen molar-refractivity contribution in [1.82, 2.24) is 4.90 Å². The third-order valence-electron chi connectivity index (χ3n) is 6.70. The molecule has 0 bridgehead atoms. The van der Waals surface area contributed by atoms with Gasteiger partial charge in [0, 0.05) is 50.6 Å². The first-order valence-corrected chi connectivity index (χ1v) is 13.0. The molecule has 1 fully saturated rings. The summed E-state index contributed by atoms with van der Waals surface area (Å²) in [7, 11) is 1.69. The van der Waals surface area contributed by atoms with Crippen LogP contribution in [0.25, 0.3) is 0 Å². The number of nitrogens with zero attached hydrogens (tertiary/aromatic N) is 3. The van der Waals surface area contributed by atoms with Gasteiger partial charge >= 0.3 is 0 Å². The zero-order chi connectivity index (χ0) is 26.4. The Labute approximate surface area is 223 Å². The van der Waals surface area contributed by atoms with E-state index in [0.29, 0.717) is 34.9 Å². The van der Waals surface area contributed by atoms with Crippen LogP contribution in [0.5, 0.6) is 5.75 Å². The lowest BCUT2D eigenvalue weighted by Gasteiger charge is -2.38. The number of halogens is 1. The second kappa shape index (κ2) is 12.0. The Morgan fingerprint density at radius 2 is 1.49 bits per heavy atom. The molecule has 0 aromatic heterocycles. The zero-order valence-corrected chi connectivity index (χ0v) is 22.3. The molecule has 3 aromatic rings. The highest BCUT2D eigenvalue weighted by atomic mass is 35.5. The molecule has 0 unspecified atom stereocenters. The van der Waals surface area contributed by atoms with Crippen LogP contribution in [0.2, 0.25) is 5.02 Å². The van der Waals surface area contributed by atoms with E-state index in [4.69, 9.17) is 16.3 Å². The molecule has 0 spiro atoms. The van der Waals surface area contributed by atoms with Gasteiger partial charge in [0.15, 0.2) is 0 Å². The Balaban J connectivity index is 1.59. The van der Waals surface area contributed by atoms with E-state index in [1.807, 2.05) is 44.2 Å². The van der Waals surface area contributed by atoms with Gasteiger partial charge in [-0.15, -0.1) is 0 Å². The van der Waals surface area contributed by atoms with Crippen LogP contribution in [-0.4, -0.2) is 63.1 Å². The summed E-state index contributed by atoms with van der Waals surface area (Å²) in [6.07, 6.45) is 0. The van der Waals surface area contributed by atoms with E-state index in [0.717, 1.165) is 43.3 Å². The van der Waals surface area contributed by atoms with Crippen molar-refractivity contribution in [2.75, 3.05) is 61.5 Å². The Morgan fingerprint density at radius 3 is 2.14 bits per heavy atom. The summed E-state index contributed by atoms with van der Waals surface area (Å²) in [5.74, 6) is 0.484. The van der Waals surface area contributed by atoms with Crippen LogP contribution in [0.1, 0.15) is 34.6 Å². The number of anilines is 3. The van der Waals surface area contributed by atoms with Crippen LogP contribution in [0, 0.1) is 0 Å². The summed E-state index contributed by atoms with van der Waals surface area (Å²) in [6.45, 7) is 8.24. The van der Waals surface area contributed by atoms with Gasteiger partial charge in [0.2, 0.25) is 0 Å². The average molecular weight is 521 g/mol. The van der Waals surface area contributed by atoms with E-state index in [1.165, 1.54) is 0 Å². The Kier molecular flexibility index (Phi) is 8.56. The second-order valence-corrected chi connectivity index (χ2v) is 9.20. The second-order valence-electron chi connectivity index (χ2n) is 8.79. The molecule has 194 valence electrons. The summed E-state index contributed by atoms with van der Waals surface area (Å²) in [4.78, 5) is 32.7. The van der Waals surface area contributed by atoms with Gasteiger partial charge in [0.25, 0.3) is 11.8 Å². The Bertz CT molecular complexity index is 1250. The number of methoxy groups -OCH3 is 1. The van der Waals surface area contributed by atoms with Crippen molar-refractivity contribution in [2.45, 2.75) is 13.8 Å². The first-order chi connectivity index (χ1) is 18.0. The molecule has 1 aliphatic rings. The summed E-state index contributed by atoms with van der Waals surface area (Å²) in [5.41, 5.74) is 3.45. The van der Waals surface area contributed by atoms with Gasteiger partial charge in [0.1, 0.15) is 5.75 Å². The largest absolute Gasteiger partial charge is 0.495 e. The minimum atomic E-state index is -0.315. The molecule has 0 aliphatic carbocycles. The van der Waals surface area contributed by atoms with E-state index in [-0.39, 0.29) is 11.8 Å². The molecule has 1 aliphatic heterocycles. The predicted molar refractivity (Wildman–Crippen MR) is 151 cm³/mol. The first kappa shape index (κ1) is 26.4. The fourth-order valence-electron chi connectivity index (χ4n) is 4.67. The van der Waals surface area contributed by atoms with Crippen LogP contribution in [0.4, 0.5) is 17.1 Å². The molecule has 8 heteroatoms. The summed E-state index contributed by atoms with van der Waals surface area (Å²) < 4.78 is 5.55. The molecule has 37 heavy (non-hydrogen) atoms. The lowest BCUT2D eigenvalue weighted by atomic mass is 10.1. The van der Waals surface area contributed by atoms with E-state index >= 15 is 0 Å². The van der Waals surface area contributed by atoms with E-state index < -0.39 is 0 Å². The predicted octanol–water partition coefficient (Wildman–Crippen LogP) is 5.41. The topological polar surface area (TPSA) is 65.1 Å². The Morgan fingerprint density at radius 1 is 0.865 bits per heavy atom. The molecule has 1 saturated heterocycles. The van der Waals surface area contributed by atoms with Crippen molar-refractivity contribution in [3.05, 3.63) is 82.9 Å². The standard InChI is InChI=1S/C29H33ClN4O3/c1-4-32(5-2)29(36)23-20-21(31-28(35)22-10-6-7-11-24(22)30)14-15-25(23)33-16-18-34(19-17-33)26-12-8-9-13-27(26)37-3/h6-15,20H,4-5,16-19H2,1-3H3,(H,31,35). The minimum absolute atomic E-state index is 0.0546. The normalized spacial score (nSPS) is 13.3. The molecule has 3 aromatic carbocycles. The van der Waals surface area contributed by atoms with Crippen LogP contribution in [-0.2, 0) is 0 Å². The molecule has 7 nitrogen and oxygen atoms in total. The van der Waals surface area contributed by atoms with Gasteiger partial charge < -0.3 is 24.8 Å². The number of carbonyl (C=O) groups is 2. The van der Waals surface area contributed by atoms with Crippen LogP contribution < -0.4 is 19.9 Å². The molecule has 2 amide bonds. The molecular formula is C29H33ClN4O3. The van der Waals surface area contributed by atoms with Crippen molar-refractivity contribution in [3.8, 4) is 5.75 Å². The third kappa shape index (κ3) is 5.83. The van der Waals surface area contributed by atoms with Crippen molar-refractivity contribution < 1.29 is 14.3 Å². The number of ether oxygens (including phenoxy) is 1. The van der Waals surface area contributed by atoms with Crippen LogP contribution >= 0.6 is 11.6 Å². The van der Waals surface area contributed by atoms with Gasteiger partial charge in [-0.05, 0) is 56.3 Å². The van der Waals surface area contributed by atoms with Crippen molar-refractivity contribution in [3.63, 3.8) is 0 Å². The van der Waals surface area contributed by atoms with Crippen LogP contribution in [0.15, 0.2) is 66.7 Å². The number of nitrogens with one attached hydrogen (secondary N) is 1. The Hall–Kier alpha value is -3.71. The minimum Gasteiger partial charge on any atom is -0.495 e. The van der Waals surface area contributed by atoms with Gasteiger partial charge in [-0.1, -0.05) is 35.9 Å². The van der Waals surface area contributed by atoms with E-state index in [2.05, 4.69) is 21.2 Å². The highest BCUT2D eigenvalue weighted by molar-refractivity contribution is 6.34. The summed E-state index contributed by atoms with van der Waals surface area (Å²) >= 11 is 6.21. The molecule has 0 radical (unpaired) electrons. The maximum Gasteiger partial charge on any atom is 0.257 e. The zero-order valence-electron chi connectivity index (χ0n) is 21.5. The maximum atomic E-state index is 13.5. The lowest BCUT2D eigenvalue weighted by Crippen LogP contribution is -2.47. The highest BCUT2D eigenvalue weighted by Crippen LogP contribution is 2.31. The quantitative estimate of drug-likeness (QED) is 0.430. The first-order valence-electron chi connectivity index (χ1n) is 12.6. The van der Waals surface area contributed by atoms with Gasteiger partial charge in [-0.25, -0.2) is 0 Å². The number of hydrogen-bond acceptors (Lipinski definition) is 5. The molecule has 4 rings (SSSR count). The average Bonchev–Trinajstić information content (AvgIpc) is 2.94. The number of amides is 2. The lowest BCUT2D eigenvalue weighted by molar-refractivity contribution is 0.0773. The summed E-state index contributed by atoms with van der Waals surface area (Å²) in [6, 6.07) is 20.5. The van der Waals surface area contributed by atoms with Gasteiger partial charge in [0.05, 0.1) is 28.9 Å². The van der Waals surface area contributed by atoms with E-state index in [1.54, 1.807) is 42.3 Å². The molecule has 0 saturated carbocycles. The SMILES string of the molecule is CCN(CC)C(=O)c1cc(NC(=O)c2ccccc2Cl)ccc1N1CCN(c2ccccc2OC)CC1. The third-order valence-corrected chi connectivity index (χ3v) is 7.03. The smallest absolute Gasteiger partial charge is 0.257 e. The number of piperazine rings is 1. The number of para-hydroxylation sites is 2. The van der Waals surface area contributed by atoms with Crippen molar-refractivity contribution >= 4 is 40.5 Å². The van der Waals surface area contributed by atoms with Gasteiger partial charge in [-0.2, -0.15) is 0 Å². The fourth-order valence-corrected chi connectivity index (χ4v) is 4.89. The molecule has 0 atom stereocenters.